The van der Waals surface area contributed by atoms with E-state index in [-0.39, 0.29) is 6.03 Å². The topological polar surface area (TPSA) is 59.6 Å². The smallest absolute Gasteiger partial charge is 0.319 e. The molecule has 0 aliphatic rings. The maximum Gasteiger partial charge on any atom is 0.319 e. The van der Waals surface area contributed by atoms with Crippen LogP contribution in [0.1, 0.15) is 32.3 Å². The lowest BCUT2D eigenvalue weighted by molar-refractivity contribution is 0.247. The summed E-state index contributed by atoms with van der Waals surface area (Å²) >= 11 is 0. The molecule has 0 aliphatic carbocycles. The van der Waals surface area contributed by atoms with Crippen LogP contribution < -0.4 is 20.1 Å². The molecule has 2 rings (SSSR count). The number of hydrogen-bond acceptors (Lipinski definition) is 3. The Labute approximate surface area is 149 Å². The summed E-state index contributed by atoms with van der Waals surface area (Å²) in [6.45, 7) is 7.53. The summed E-state index contributed by atoms with van der Waals surface area (Å²) in [5.41, 5.74) is 1.81. The van der Waals surface area contributed by atoms with Crippen molar-refractivity contribution in [3.05, 3.63) is 54.1 Å². The van der Waals surface area contributed by atoms with E-state index in [4.69, 9.17) is 9.47 Å². The lowest BCUT2D eigenvalue weighted by Crippen LogP contribution is -2.32. The molecule has 2 aromatic carbocycles. The lowest BCUT2D eigenvalue weighted by Gasteiger charge is -2.15. The first-order valence-electron chi connectivity index (χ1n) is 8.60. The highest BCUT2D eigenvalue weighted by Gasteiger charge is 2.08. The van der Waals surface area contributed by atoms with Crippen molar-refractivity contribution >= 4 is 11.7 Å². The van der Waals surface area contributed by atoms with Gasteiger partial charge in [-0.05, 0) is 36.6 Å². The van der Waals surface area contributed by atoms with Crippen LogP contribution in [-0.2, 0) is 0 Å². The van der Waals surface area contributed by atoms with Crippen LogP contribution >= 0.6 is 0 Å². The van der Waals surface area contributed by atoms with Crippen LogP contribution in [0, 0.1) is 0 Å². The van der Waals surface area contributed by atoms with Crippen LogP contribution in [0.4, 0.5) is 10.5 Å². The van der Waals surface area contributed by atoms with E-state index >= 15 is 0 Å². The summed E-state index contributed by atoms with van der Waals surface area (Å²) in [7, 11) is 0. The predicted octanol–water partition coefficient (Wildman–Crippen LogP) is 4.41. The van der Waals surface area contributed by atoms with Gasteiger partial charge in [-0.25, -0.2) is 4.79 Å². The second-order valence-corrected chi connectivity index (χ2v) is 5.85. The third kappa shape index (κ3) is 5.71. The normalized spacial score (nSPS) is 10.4. The van der Waals surface area contributed by atoms with Crippen LogP contribution in [0.15, 0.2) is 48.5 Å². The molecule has 0 bridgehead atoms. The van der Waals surface area contributed by atoms with Gasteiger partial charge in [0, 0.05) is 0 Å². The summed E-state index contributed by atoms with van der Waals surface area (Å²) < 4.78 is 11.3. The number of para-hydroxylation sites is 3. The van der Waals surface area contributed by atoms with Crippen molar-refractivity contribution in [3.8, 4) is 11.5 Å². The van der Waals surface area contributed by atoms with Crippen LogP contribution in [0.2, 0.25) is 0 Å². The number of rotatable bonds is 8. The lowest BCUT2D eigenvalue weighted by atomic mass is 10.0. The summed E-state index contributed by atoms with van der Waals surface area (Å²) in [6, 6.07) is 15.0. The number of urea groups is 1. The first kappa shape index (κ1) is 18.6. The molecule has 0 aliphatic heterocycles. The Balaban J connectivity index is 1.80. The fourth-order valence-electron chi connectivity index (χ4n) is 2.43. The highest BCUT2D eigenvalue weighted by molar-refractivity contribution is 5.90. The molecule has 2 N–H and O–H groups in total. The van der Waals surface area contributed by atoms with Gasteiger partial charge in [-0.15, -0.1) is 0 Å². The van der Waals surface area contributed by atoms with Gasteiger partial charge in [0.05, 0.1) is 18.8 Å². The van der Waals surface area contributed by atoms with Gasteiger partial charge in [-0.3, -0.25) is 0 Å². The van der Waals surface area contributed by atoms with Crippen molar-refractivity contribution < 1.29 is 14.3 Å². The van der Waals surface area contributed by atoms with Crippen molar-refractivity contribution in [2.75, 3.05) is 25.1 Å². The van der Waals surface area contributed by atoms with E-state index in [1.54, 1.807) is 6.07 Å². The maximum atomic E-state index is 12.0. The number of ether oxygens (including phenoxy) is 2. The molecule has 5 nitrogen and oxygen atoms in total. The monoisotopic (exact) mass is 342 g/mol. The second kappa shape index (κ2) is 9.57. The fraction of sp³-hybridized carbons (Fsp3) is 0.350. The van der Waals surface area contributed by atoms with E-state index in [0.29, 0.717) is 37.1 Å². The van der Waals surface area contributed by atoms with Crippen molar-refractivity contribution in [2.45, 2.75) is 26.7 Å². The molecular formula is C20H26N2O3. The van der Waals surface area contributed by atoms with Crippen molar-refractivity contribution in [3.63, 3.8) is 0 Å². The average Bonchev–Trinajstić information content (AvgIpc) is 2.61. The highest BCUT2D eigenvalue weighted by Crippen LogP contribution is 2.25. The first-order valence-corrected chi connectivity index (χ1v) is 8.60. The quantitative estimate of drug-likeness (QED) is 0.699. The molecule has 0 saturated heterocycles. The van der Waals surface area contributed by atoms with Crippen LogP contribution in [0.25, 0.3) is 0 Å². The van der Waals surface area contributed by atoms with Crippen LogP contribution in [-0.4, -0.2) is 25.8 Å². The molecule has 25 heavy (non-hydrogen) atoms. The van der Waals surface area contributed by atoms with Crippen LogP contribution in [0.5, 0.6) is 11.5 Å². The molecule has 0 heterocycles. The van der Waals surface area contributed by atoms with Crippen molar-refractivity contribution in [1.82, 2.24) is 5.32 Å². The van der Waals surface area contributed by atoms with E-state index in [1.807, 2.05) is 43.3 Å². The Bertz CT molecular complexity index is 686. The minimum Gasteiger partial charge on any atom is -0.492 e. The maximum absolute atomic E-state index is 12.0. The second-order valence-electron chi connectivity index (χ2n) is 5.85. The summed E-state index contributed by atoms with van der Waals surface area (Å²) in [5.74, 6) is 1.91. The highest BCUT2D eigenvalue weighted by atomic mass is 16.5. The summed E-state index contributed by atoms with van der Waals surface area (Å²) in [6.07, 6.45) is 0. The van der Waals surface area contributed by atoms with Gasteiger partial charge < -0.3 is 20.1 Å². The van der Waals surface area contributed by atoms with Crippen molar-refractivity contribution in [2.24, 2.45) is 0 Å². The van der Waals surface area contributed by atoms with Crippen molar-refractivity contribution in [1.29, 1.82) is 0 Å². The predicted molar refractivity (Wildman–Crippen MR) is 101 cm³/mol. The molecule has 0 aromatic heterocycles. The number of anilines is 1. The fourth-order valence-corrected chi connectivity index (χ4v) is 2.43. The Kier molecular flexibility index (Phi) is 7.14. The molecule has 0 radical (unpaired) electrons. The number of amides is 2. The Morgan fingerprint density at radius 3 is 2.40 bits per heavy atom. The molecule has 5 heteroatoms. The molecule has 0 spiro atoms. The standard InChI is InChI=1S/C20H26N2O3/c1-4-24-19-12-8-6-10-17(19)22-20(23)21-13-14-25-18-11-7-5-9-16(18)15(2)3/h5-12,15H,4,13-14H2,1-3H3,(H2,21,22,23). The minimum absolute atomic E-state index is 0.284. The third-order valence-corrected chi connectivity index (χ3v) is 3.62. The Hall–Kier alpha value is -2.69. The van der Waals surface area contributed by atoms with E-state index in [2.05, 4.69) is 30.5 Å². The van der Waals surface area contributed by atoms with Gasteiger partial charge >= 0.3 is 6.03 Å². The number of benzene rings is 2. The Morgan fingerprint density at radius 2 is 1.68 bits per heavy atom. The number of hydrogen-bond donors (Lipinski definition) is 2. The molecular weight excluding hydrogens is 316 g/mol. The summed E-state index contributed by atoms with van der Waals surface area (Å²) in [5, 5.41) is 5.58. The third-order valence-electron chi connectivity index (χ3n) is 3.62. The van der Waals surface area contributed by atoms with E-state index in [9.17, 15) is 4.79 Å². The van der Waals surface area contributed by atoms with E-state index < -0.39 is 0 Å². The van der Waals surface area contributed by atoms with Gasteiger partial charge in [0.1, 0.15) is 18.1 Å². The van der Waals surface area contributed by atoms with Crippen LogP contribution in [0.3, 0.4) is 0 Å². The zero-order valence-corrected chi connectivity index (χ0v) is 15.0. The Morgan fingerprint density at radius 1 is 1.00 bits per heavy atom. The number of nitrogens with one attached hydrogen (secondary N) is 2. The minimum atomic E-state index is -0.284. The number of carbonyl (C=O) groups excluding carboxylic acids is 1. The SMILES string of the molecule is CCOc1ccccc1NC(=O)NCCOc1ccccc1C(C)C. The largest absolute Gasteiger partial charge is 0.492 e. The zero-order chi connectivity index (χ0) is 18.1. The number of carbonyl (C=O) groups is 1. The first-order chi connectivity index (χ1) is 12.1. The zero-order valence-electron chi connectivity index (χ0n) is 15.0. The van der Waals surface area contributed by atoms with E-state index in [0.717, 1.165) is 11.3 Å². The molecule has 0 unspecified atom stereocenters. The molecule has 2 amide bonds. The van der Waals surface area contributed by atoms with Gasteiger partial charge in [0.15, 0.2) is 0 Å². The van der Waals surface area contributed by atoms with Gasteiger partial charge in [-0.1, -0.05) is 44.2 Å². The molecule has 0 atom stereocenters. The van der Waals surface area contributed by atoms with E-state index in [1.165, 1.54) is 0 Å². The molecule has 2 aromatic rings. The molecule has 0 saturated carbocycles. The average molecular weight is 342 g/mol. The molecule has 134 valence electrons. The van der Waals surface area contributed by atoms with Gasteiger partial charge in [-0.2, -0.15) is 0 Å². The van der Waals surface area contributed by atoms with Gasteiger partial charge in [0.25, 0.3) is 0 Å². The van der Waals surface area contributed by atoms with Gasteiger partial charge in [0.2, 0.25) is 0 Å². The summed E-state index contributed by atoms with van der Waals surface area (Å²) in [4.78, 5) is 12.0. The molecule has 0 fully saturated rings.